The monoisotopic (exact) mass is 356 g/mol. The summed E-state index contributed by atoms with van der Waals surface area (Å²) >= 11 is 1.64. The highest BCUT2D eigenvalue weighted by Gasteiger charge is 2.27. The number of carbonyl (C=O) groups excluding carboxylic acids is 2. The largest absolute Gasteiger partial charge is 0.356 e. The molecule has 0 spiro atoms. The van der Waals surface area contributed by atoms with Gasteiger partial charge in [0, 0.05) is 42.2 Å². The summed E-state index contributed by atoms with van der Waals surface area (Å²) in [5.41, 5.74) is 2.03. The molecule has 1 aromatic heterocycles. The summed E-state index contributed by atoms with van der Waals surface area (Å²) in [6.45, 7) is 3.91. The van der Waals surface area contributed by atoms with E-state index in [0.717, 1.165) is 24.8 Å². The van der Waals surface area contributed by atoms with Gasteiger partial charge in [-0.15, -0.1) is 11.3 Å². The zero-order valence-electron chi connectivity index (χ0n) is 14.5. The molecule has 0 unspecified atom stereocenters. The molecule has 25 heavy (non-hydrogen) atoms. The van der Waals surface area contributed by atoms with E-state index in [4.69, 9.17) is 0 Å². The Hall–Kier alpha value is -2.14. The van der Waals surface area contributed by atoms with Gasteiger partial charge in [0.05, 0.1) is 5.56 Å². The predicted octanol–water partition coefficient (Wildman–Crippen LogP) is 3.33. The maximum Gasteiger partial charge on any atom is 0.254 e. The van der Waals surface area contributed by atoms with Gasteiger partial charge < -0.3 is 10.2 Å². The molecule has 132 valence electrons. The van der Waals surface area contributed by atoms with Gasteiger partial charge in [0.15, 0.2) is 0 Å². The first kappa shape index (κ1) is 17.7. The molecule has 5 heteroatoms. The van der Waals surface area contributed by atoms with E-state index in [2.05, 4.69) is 17.4 Å². The molecule has 2 amide bonds. The molecule has 1 fully saturated rings. The first-order valence-corrected chi connectivity index (χ1v) is 9.73. The molecule has 1 aliphatic heterocycles. The Morgan fingerprint density at radius 2 is 1.92 bits per heavy atom. The zero-order valence-corrected chi connectivity index (χ0v) is 15.3. The number of carbonyl (C=O) groups is 2. The highest BCUT2D eigenvalue weighted by molar-refractivity contribution is 7.10. The van der Waals surface area contributed by atoms with Gasteiger partial charge in [-0.1, -0.05) is 30.3 Å². The van der Waals surface area contributed by atoms with Crippen LogP contribution in [0.25, 0.3) is 0 Å². The van der Waals surface area contributed by atoms with Gasteiger partial charge in [-0.05, 0) is 31.4 Å². The first-order valence-electron chi connectivity index (χ1n) is 8.85. The summed E-state index contributed by atoms with van der Waals surface area (Å²) < 4.78 is 0. The standard InChI is InChI=1S/C20H24N2O2S/c1-2-21-19(23)16-8-10-22(11-9-16)20(24)17-13-18(25-14-17)12-15-6-4-3-5-7-15/h3-7,13-14,16H,2,8-12H2,1H3,(H,21,23). The highest BCUT2D eigenvalue weighted by Crippen LogP contribution is 2.23. The van der Waals surface area contributed by atoms with Gasteiger partial charge in [0.2, 0.25) is 5.91 Å². The summed E-state index contributed by atoms with van der Waals surface area (Å²) in [4.78, 5) is 27.7. The maximum atomic E-state index is 12.7. The summed E-state index contributed by atoms with van der Waals surface area (Å²) in [7, 11) is 0. The minimum atomic E-state index is 0.0418. The van der Waals surface area contributed by atoms with Gasteiger partial charge in [0.25, 0.3) is 5.91 Å². The number of thiophene rings is 1. The predicted molar refractivity (Wildman–Crippen MR) is 101 cm³/mol. The lowest BCUT2D eigenvalue weighted by Gasteiger charge is -2.31. The van der Waals surface area contributed by atoms with Crippen LogP contribution < -0.4 is 5.32 Å². The van der Waals surface area contributed by atoms with Crippen molar-refractivity contribution in [2.24, 2.45) is 5.92 Å². The van der Waals surface area contributed by atoms with Gasteiger partial charge in [0.1, 0.15) is 0 Å². The minimum Gasteiger partial charge on any atom is -0.356 e. The molecule has 0 bridgehead atoms. The van der Waals surface area contributed by atoms with E-state index in [-0.39, 0.29) is 17.7 Å². The van der Waals surface area contributed by atoms with Crippen molar-refractivity contribution in [3.63, 3.8) is 0 Å². The Kier molecular flexibility index (Phi) is 5.87. The van der Waals surface area contributed by atoms with Crippen LogP contribution in [0.1, 0.15) is 40.6 Å². The number of benzene rings is 1. The fraction of sp³-hybridized carbons (Fsp3) is 0.400. The Morgan fingerprint density at radius 1 is 1.20 bits per heavy atom. The van der Waals surface area contributed by atoms with E-state index in [1.165, 1.54) is 10.4 Å². The first-order chi connectivity index (χ1) is 12.2. The average Bonchev–Trinajstić information content (AvgIpc) is 3.11. The van der Waals surface area contributed by atoms with Gasteiger partial charge in [-0.3, -0.25) is 9.59 Å². The summed E-state index contributed by atoms with van der Waals surface area (Å²) in [5, 5.41) is 4.83. The normalized spacial score (nSPS) is 15.2. The Balaban J connectivity index is 1.56. The highest BCUT2D eigenvalue weighted by atomic mass is 32.1. The van der Waals surface area contributed by atoms with Crippen molar-refractivity contribution in [2.75, 3.05) is 19.6 Å². The van der Waals surface area contributed by atoms with E-state index in [9.17, 15) is 9.59 Å². The number of nitrogens with zero attached hydrogens (tertiary/aromatic N) is 1. The van der Waals surface area contributed by atoms with Gasteiger partial charge >= 0.3 is 0 Å². The second kappa shape index (κ2) is 8.30. The van der Waals surface area contributed by atoms with Crippen LogP contribution in [0.4, 0.5) is 0 Å². The van der Waals surface area contributed by atoms with Crippen molar-refractivity contribution in [2.45, 2.75) is 26.2 Å². The van der Waals surface area contributed by atoms with Crippen LogP contribution in [0.3, 0.4) is 0 Å². The minimum absolute atomic E-state index is 0.0418. The number of nitrogens with one attached hydrogen (secondary N) is 1. The molecule has 1 aliphatic rings. The lowest BCUT2D eigenvalue weighted by Crippen LogP contribution is -2.42. The fourth-order valence-corrected chi connectivity index (χ4v) is 4.12. The molecule has 1 saturated heterocycles. The van der Waals surface area contributed by atoms with Crippen molar-refractivity contribution in [3.05, 3.63) is 57.8 Å². The maximum absolute atomic E-state index is 12.7. The van der Waals surface area contributed by atoms with Crippen molar-refractivity contribution >= 4 is 23.2 Å². The Morgan fingerprint density at radius 3 is 2.60 bits per heavy atom. The summed E-state index contributed by atoms with van der Waals surface area (Å²) in [6.07, 6.45) is 2.36. The third-order valence-electron chi connectivity index (χ3n) is 4.63. The van der Waals surface area contributed by atoms with Crippen LogP contribution in [0.2, 0.25) is 0 Å². The van der Waals surface area contributed by atoms with Crippen molar-refractivity contribution < 1.29 is 9.59 Å². The number of hydrogen-bond acceptors (Lipinski definition) is 3. The second-order valence-corrected chi connectivity index (χ2v) is 7.42. The third-order valence-corrected chi connectivity index (χ3v) is 5.56. The van der Waals surface area contributed by atoms with E-state index >= 15 is 0 Å². The Labute approximate surface area is 152 Å². The topological polar surface area (TPSA) is 49.4 Å². The fourth-order valence-electron chi connectivity index (χ4n) is 3.23. The molecule has 4 nitrogen and oxygen atoms in total. The van der Waals surface area contributed by atoms with Crippen molar-refractivity contribution in [1.29, 1.82) is 0 Å². The lowest BCUT2D eigenvalue weighted by atomic mass is 9.95. The number of hydrogen-bond donors (Lipinski definition) is 1. The number of likely N-dealkylation sites (tertiary alicyclic amines) is 1. The molecule has 1 N–H and O–H groups in total. The summed E-state index contributed by atoms with van der Waals surface area (Å²) in [5.74, 6) is 0.250. The van der Waals surface area contributed by atoms with Gasteiger partial charge in [-0.25, -0.2) is 0 Å². The summed E-state index contributed by atoms with van der Waals surface area (Å²) in [6, 6.07) is 12.3. The van der Waals surface area contributed by atoms with Crippen LogP contribution in [-0.2, 0) is 11.2 Å². The molecule has 2 aromatic rings. The van der Waals surface area contributed by atoms with Crippen LogP contribution in [-0.4, -0.2) is 36.3 Å². The van der Waals surface area contributed by atoms with Crippen LogP contribution in [0.15, 0.2) is 41.8 Å². The number of piperidine rings is 1. The number of amides is 2. The molecule has 0 radical (unpaired) electrons. The molecule has 0 saturated carbocycles. The van der Waals surface area contributed by atoms with E-state index in [1.807, 2.05) is 41.5 Å². The molecular formula is C20H24N2O2S. The quantitative estimate of drug-likeness (QED) is 0.893. The second-order valence-electron chi connectivity index (χ2n) is 6.43. The molecule has 2 heterocycles. The molecule has 3 rings (SSSR count). The molecule has 0 aliphatic carbocycles. The van der Waals surface area contributed by atoms with Crippen molar-refractivity contribution in [1.82, 2.24) is 10.2 Å². The van der Waals surface area contributed by atoms with E-state index < -0.39 is 0 Å². The van der Waals surface area contributed by atoms with E-state index in [1.54, 1.807) is 11.3 Å². The SMILES string of the molecule is CCNC(=O)C1CCN(C(=O)c2csc(Cc3ccccc3)c2)CC1. The van der Waals surface area contributed by atoms with Crippen molar-refractivity contribution in [3.8, 4) is 0 Å². The Bertz CT molecular complexity index is 718. The van der Waals surface area contributed by atoms with Crippen LogP contribution in [0, 0.1) is 5.92 Å². The number of rotatable bonds is 5. The average molecular weight is 356 g/mol. The van der Waals surface area contributed by atoms with E-state index in [0.29, 0.717) is 19.6 Å². The molecule has 0 atom stereocenters. The molecule has 1 aromatic carbocycles. The third kappa shape index (κ3) is 4.48. The molecular weight excluding hydrogens is 332 g/mol. The van der Waals surface area contributed by atoms with Crippen LogP contribution in [0.5, 0.6) is 0 Å². The van der Waals surface area contributed by atoms with Crippen LogP contribution >= 0.6 is 11.3 Å². The lowest BCUT2D eigenvalue weighted by molar-refractivity contribution is -0.126. The smallest absolute Gasteiger partial charge is 0.254 e. The van der Waals surface area contributed by atoms with Gasteiger partial charge in [-0.2, -0.15) is 0 Å². The zero-order chi connectivity index (χ0) is 17.6.